The Morgan fingerprint density at radius 3 is 2.58 bits per heavy atom. The highest BCUT2D eigenvalue weighted by Crippen LogP contribution is 2.27. The van der Waals surface area contributed by atoms with Gasteiger partial charge in [-0.2, -0.15) is 0 Å². The van der Waals surface area contributed by atoms with Gasteiger partial charge in [0.05, 0.1) is 11.7 Å². The zero-order valence-electron chi connectivity index (χ0n) is 11.9. The SMILES string of the molecule is CC(C)(C)c1nnsc1C(=NC1CCCCC1)NN. The number of aromatic nitrogens is 2. The maximum absolute atomic E-state index is 5.66. The Morgan fingerprint density at radius 2 is 2.00 bits per heavy atom. The van der Waals surface area contributed by atoms with E-state index in [1.807, 2.05) is 0 Å². The largest absolute Gasteiger partial charge is 0.307 e. The monoisotopic (exact) mass is 281 g/mol. The molecule has 0 saturated heterocycles. The van der Waals surface area contributed by atoms with Gasteiger partial charge < -0.3 is 5.43 Å². The molecule has 1 saturated carbocycles. The highest BCUT2D eigenvalue weighted by Gasteiger charge is 2.25. The predicted molar refractivity (Wildman–Crippen MR) is 79.3 cm³/mol. The van der Waals surface area contributed by atoms with Crippen molar-refractivity contribution in [3.05, 3.63) is 10.6 Å². The Bertz CT molecular complexity index is 440. The minimum Gasteiger partial charge on any atom is -0.307 e. The van der Waals surface area contributed by atoms with Crippen LogP contribution in [0.1, 0.15) is 63.4 Å². The van der Waals surface area contributed by atoms with Crippen molar-refractivity contribution in [3.8, 4) is 0 Å². The Kier molecular flexibility index (Phi) is 4.52. The van der Waals surface area contributed by atoms with E-state index in [9.17, 15) is 0 Å². The number of aliphatic imine (C=N–C) groups is 1. The second-order valence-corrected chi connectivity index (χ2v) is 6.87. The van der Waals surface area contributed by atoms with Crippen molar-refractivity contribution in [2.75, 3.05) is 0 Å². The first-order chi connectivity index (χ1) is 9.02. The molecule has 1 aliphatic carbocycles. The molecule has 1 aliphatic rings. The number of hydrazine groups is 1. The second-order valence-electron chi connectivity index (χ2n) is 6.11. The molecule has 0 bridgehead atoms. The van der Waals surface area contributed by atoms with E-state index in [1.165, 1.54) is 30.8 Å². The number of nitrogens with one attached hydrogen (secondary N) is 1. The minimum atomic E-state index is -0.0491. The molecule has 0 spiro atoms. The third-order valence-electron chi connectivity index (χ3n) is 3.44. The van der Waals surface area contributed by atoms with Crippen molar-refractivity contribution in [1.82, 2.24) is 15.0 Å². The van der Waals surface area contributed by atoms with Crippen molar-refractivity contribution < 1.29 is 0 Å². The number of hydrogen-bond donors (Lipinski definition) is 2. The maximum Gasteiger partial charge on any atom is 0.156 e. The first-order valence-corrected chi connectivity index (χ1v) is 7.67. The average Bonchev–Trinajstić information content (AvgIpc) is 2.86. The molecule has 2 rings (SSSR count). The molecule has 6 heteroatoms. The first kappa shape index (κ1) is 14.4. The molecular weight excluding hydrogens is 258 g/mol. The summed E-state index contributed by atoms with van der Waals surface area (Å²) < 4.78 is 4.07. The Morgan fingerprint density at radius 1 is 1.32 bits per heavy atom. The van der Waals surface area contributed by atoms with Gasteiger partial charge >= 0.3 is 0 Å². The van der Waals surface area contributed by atoms with Crippen LogP contribution in [-0.4, -0.2) is 21.5 Å². The molecule has 19 heavy (non-hydrogen) atoms. The number of amidine groups is 1. The predicted octanol–water partition coefficient (Wildman–Crippen LogP) is 2.38. The molecule has 0 radical (unpaired) electrons. The lowest BCUT2D eigenvalue weighted by molar-refractivity contribution is 0.442. The fourth-order valence-corrected chi connectivity index (χ4v) is 3.23. The van der Waals surface area contributed by atoms with E-state index in [4.69, 9.17) is 10.8 Å². The van der Waals surface area contributed by atoms with Crippen LogP contribution in [0.4, 0.5) is 0 Å². The van der Waals surface area contributed by atoms with Crippen LogP contribution in [0.3, 0.4) is 0 Å². The quantitative estimate of drug-likeness (QED) is 0.378. The Labute approximate surface area is 118 Å². The van der Waals surface area contributed by atoms with E-state index in [0.29, 0.717) is 6.04 Å². The van der Waals surface area contributed by atoms with Gasteiger partial charge in [-0.3, -0.25) is 4.99 Å². The molecule has 0 unspecified atom stereocenters. The van der Waals surface area contributed by atoms with Crippen LogP contribution in [0.15, 0.2) is 4.99 Å². The molecule has 0 aliphatic heterocycles. The lowest BCUT2D eigenvalue weighted by Crippen LogP contribution is -2.34. The van der Waals surface area contributed by atoms with E-state index in [-0.39, 0.29) is 5.41 Å². The minimum absolute atomic E-state index is 0.0491. The summed E-state index contributed by atoms with van der Waals surface area (Å²) in [5.41, 5.74) is 3.66. The summed E-state index contributed by atoms with van der Waals surface area (Å²) in [5, 5.41) is 4.24. The van der Waals surface area contributed by atoms with Gasteiger partial charge in [0.15, 0.2) is 5.84 Å². The standard InChI is InChI=1S/C13H23N5S/c1-13(2,3)11-10(19-18-17-11)12(16-14)15-9-7-5-4-6-8-9/h9H,4-8,14H2,1-3H3,(H,15,16). The first-order valence-electron chi connectivity index (χ1n) is 6.90. The van der Waals surface area contributed by atoms with Crippen LogP contribution in [0.2, 0.25) is 0 Å². The van der Waals surface area contributed by atoms with Crippen molar-refractivity contribution >= 4 is 17.4 Å². The molecular formula is C13H23N5S. The summed E-state index contributed by atoms with van der Waals surface area (Å²) in [4.78, 5) is 5.75. The van der Waals surface area contributed by atoms with Crippen molar-refractivity contribution in [1.29, 1.82) is 0 Å². The van der Waals surface area contributed by atoms with E-state index >= 15 is 0 Å². The highest BCUT2D eigenvalue weighted by molar-refractivity contribution is 7.08. The van der Waals surface area contributed by atoms with Gasteiger partial charge in [0.25, 0.3) is 0 Å². The zero-order valence-corrected chi connectivity index (χ0v) is 12.8. The average molecular weight is 281 g/mol. The number of hydrogen-bond acceptors (Lipinski definition) is 5. The van der Waals surface area contributed by atoms with Gasteiger partial charge in [-0.1, -0.05) is 44.5 Å². The lowest BCUT2D eigenvalue weighted by atomic mass is 9.91. The fraction of sp³-hybridized carbons (Fsp3) is 0.769. The smallest absolute Gasteiger partial charge is 0.156 e. The van der Waals surface area contributed by atoms with Crippen LogP contribution in [0, 0.1) is 0 Å². The van der Waals surface area contributed by atoms with Crippen LogP contribution in [-0.2, 0) is 5.41 Å². The van der Waals surface area contributed by atoms with Gasteiger partial charge in [-0.25, -0.2) is 5.84 Å². The van der Waals surface area contributed by atoms with Crippen LogP contribution >= 0.6 is 11.5 Å². The molecule has 0 amide bonds. The Balaban J connectivity index is 2.26. The van der Waals surface area contributed by atoms with E-state index in [1.54, 1.807) is 0 Å². The van der Waals surface area contributed by atoms with Gasteiger partial charge in [-0.15, -0.1) is 5.10 Å². The summed E-state index contributed by atoms with van der Waals surface area (Å²) in [6.45, 7) is 6.38. The van der Waals surface area contributed by atoms with Crippen LogP contribution in [0.5, 0.6) is 0 Å². The van der Waals surface area contributed by atoms with Gasteiger partial charge in [0.1, 0.15) is 4.88 Å². The maximum atomic E-state index is 5.66. The molecule has 1 aromatic heterocycles. The van der Waals surface area contributed by atoms with Crippen LogP contribution < -0.4 is 11.3 Å². The van der Waals surface area contributed by atoms with Crippen LogP contribution in [0.25, 0.3) is 0 Å². The fourth-order valence-electron chi connectivity index (χ4n) is 2.39. The number of rotatable bonds is 2. The summed E-state index contributed by atoms with van der Waals surface area (Å²) in [5.74, 6) is 6.41. The van der Waals surface area contributed by atoms with E-state index < -0.39 is 0 Å². The molecule has 0 aromatic carbocycles. The molecule has 1 heterocycles. The molecule has 5 nitrogen and oxygen atoms in total. The van der Waals surface area contributed by atoms with Crippen molar-refractivity contribution in [3.63, 3.8) is 0 Å². The van der Waals surface area contributed by atoms with Gasteiger partial charge in [-0.05, 0) is 24.4 Å². The summed E-state index contributed by atoms with van der Waals surface area (Å²) in [6.07, 6.45) is 6.16. The summed E-state index contributed by atoms with van der Waals surface area (Å²) in [7, 11) is 0. The molecule has 106 valence electrons. The topological polar surface area (TPSA) is 76.2 Å². The number of nitrogens with zero attached hydrogens (tertiary/aromatic N) is 3. The van der Waals surface area contributed by atoms with E-state index in [0.717, 1.165) is 29.2 Å². The van der Waals surface area contributed by atoms with E-state index in [2.05, 4.69) is 35.8 Å². The van der Waals surface area contributed by atoms with Gasteiger partial charge in [0.2, 0.25) is 0 Å². The molecule has 1 fully saturated rings. The number of nitrogens with two attached hydrogens (primary N) is 1. The molecule has 3 N–H and O–H groups in total. The third-order valence-corrected chi connectivity index (χ3v) is 4.17. The second kappa shape index (κ2) is 5.96. The lowest BCUT2D eigenvalue weighted by Gasteiger charge is -2.20. The molecule has 0 atom stereocenters. The van der Waals surface area contributed by atoms with Crippen molar-refractivity contribution in [2.24, 2.45) is 10.8 Å². The summed E-state index contributed by atoms with van der Waals surface area (Å²) in [6, 6.07) is 0.384. The third kappa shape index (κ3) is 3.51. The van der Waals surface area contributed by atoms with Gasteiger partial charge in [0, 0.05) is 5.41 Å². The van der Waals surface area contributed by atoms with Crippen molar-refractivity contribution in [2.45, 2.75) is 64.3 Å². The highest BCUT2D eigenvalue weighted by atomic mass is 32.1. The molecule has 1 aromatic rings. The zero-order chi connectivity index (χ0) is 13.9. The Hall–Kier alpha value is -1.01. The summed E-state index contributed by atoms with van der Waals surface area (Å²) >= 11 is 1.36. The normalized spacial score (nSPS) is 18.6.